The molecular formula is C16H27NO2S. The number of benzene rings is 1. The normalized spacial score (nSPS) is 15.3. The Morgan fingerprint density at radius 1 is 1.10 bits per heavy atom. The van der Waals surface area contributed by atoms with Crippen LogP contribution < -0.4 is 5.32 Å². The van der Waals surface area contributed by atoms with Crippen LogP contribution in [-0.4, -0.2) is 32.5 Å². The summed E-state index contributed by atoms with van der Waals surface area (Å²) in [5, 5.41) is 2.91. The number of rotatable bonds is 7. The van der Waals surface area contributed by atoms with E-state index in [4.69, 9.17) is 0 Å². The van der Waals surface area contributed by atoms with Crippen molar-refractivity contribution < 1.29 is 8.42 Å². The Bertz CT molecular complexity index is 506. The summed E-state index contributed by atoms with van der Waals surface area (Å²) in [4.78, 5) is 0. The first-order valence-corrected chi connectivity index (χ1v) is 9.22. The Morgan fingerprint density at radius 3 is 2.05 bits per heavy atom. The molecule has 0 saturated carbocycles. The van der Waals surface area contributed by atoms with Gasteiger partial charge in [-0.1, -0.05) is 45.0 Å². The van der Waals surface area contributed by atoms with E-state index in [9.17, 15) is 8.42 Å². The van der Waals surface area contributed by atoms with E-state index in [1.54, 1.807) is 6.92 Å². The zero-order chi connectivity index (χ0) is 15.3. The van der Waals surface area contributed by atoms with Crippen LogP contribution in [0.4, 0.5) is 0 Å². The van der Waals surface area contributed by atoms with Crippen LogP contribution in [0, 0.1) is 0 Å². The van der Waals surface area contributed by atoms with Crippen LogP contribution in [0.2, 0.25) is 0 Å². The molecule has 2 unspecified atom stereocenters. The zero-order valence-corrected chi connectivity index (χ0v) is 14.0. The molecule has 0 heterocycles. The van der Waals surface area contributed by atoms with Gasteiger partial charge >= 0.3 is 0 Å². The third-order valence-corrected chi connectivity index (χ3v) is 5.49. The van der Waals surface area contributed by atoms with Gasteiger partial charge in [0.05, 0.1) is 5.25 Å². The van der Waals surface area contributed by atoms with Gasteiger partial charge in [0, 0.05) is 12.3 Å². The maximum absolute atomic E-state index is 11.7. The number of likely N-dealkylation sites (N-methyl/N-ethyl adjacent to an activating group) is 1. The lowest BCUT2D eigenvalue weighted by Crippen LogP contribution is -2.43. The second-order valence-electron chi connectivity index (χ2n) is 5.80. The highest BCUT2D eigenvalue weighted by Gasteiger charge is 2.25. The lowest BCUT2D eigenvalue weighted by Gasteiger charge is -2.23. The van der Waals surface area contributed by atoms with Crippen molar-refractivity contribution in [2.45, 2.75) is 51.3 Å². The molecule has 0 saturated heterocycles. The number of hydrogen-bond donors (Lipinski definition) is 1. The van der Waals surface area contributed by atoms with Crippen LogP contribution in [0.25, 0.3) is 0 Å². The van der Waals surface area contributed by atoms with Gasteiger partial charge in [-0.05, 0) is 36.9 Å². The van der Waals surface area contributed by atoms with Crippen molar-refractivity contribution in [2.24, 2.45) is 0 Å². The molecule has 0 radical (unpaired) electrons. The van der Waals surface area contributed by atoms with Crippen LogP contribution in [0.5, 0.6) is 0 Å². The molecule has 0 aliphatic heterocycles. The minimum atomic E-state index is -3.03. The average Bonchev–Trinajstić information content (AvgIpc) is 2.37. The first kappa shape index (κ1) is 17.2. The molecule has 1 rings (SSSR count). The standard InChI is InChI=1S/C16H27NO2S/c1-6-17-16(13(4)20(5,18)19)11-14-7-9-15(10-8-14)12(2)3/h7-10,12-13,16-17H,6,11H2,1-5H3. The van der Waals surface area contributed by atoms with E-state index < -0.39 is 9.84 Å². The Kier molecular flexibility index (Phi) is 6.21. The molecule has 1 aromatic carbocycles. The van der Waals surface area contributed by atoms with Crippen molar-refractivity contribution in [3.63, 3.8) is 0 Å². The van der Waals surface area contributed by atoms with Gasteiger partial charge in [-0.25, -0.2) is 8.42 Å². The minimum absolute atomic E-state index is 0.0418. The summed E-state index contributed by atoms with van der Waals surface area (Å²) in [6, 6.07) is 8.44. The molecule has 1 N–H and O–H groups in total. The van der Waals surface area contributed by atoms with Gasteiger partial charge in [-0.15, -0.1) is 0 Å². The van der Waals surface area contributed by atoms with Crippen LogP contribution in [0.15, 0.2) is 24.3 Å². The van der Waals surface area contributed by atoms with E-state index in [1.807, 2.05) is 6.92 Å². The first-order valence-electron chi connectivity index (χ1n) is 7.26. The van der Waals surface area contributed by atoms with Crippen molar-refractivity contribution in [2.75, 3.05) is 12.8 Å². The monoisotopic (exact) mass is 297 g/mol. The molecule has 0 fully saturated rings. The van der Waals surface area contributed by atoms with Gasteiger partial charge in [-0.2, -0.15) is 0 Å². The summed E-state index contributed by atoms with van der Waals surface area (Å²) in [5.74, 6) is 0.517. The largest absolute Gasteiger partial charge is 0.313 e. The quantitative estimate of drug-likeness (QED) is 0.842. The molecule has 1 aromatic rings. The van der Waals surface area contributed by atoms with Gasteiger partial charge in [-0.3, -0.25) is 0 Å². The predicted octanol–water partition coefficient (Wildman–Crippen LogP) is 2.76. The maximum Gasteiger partial charge on any atom is 0.151 e. The lowest BCUT2D eigenvalue weighted by molar-refractivity contribution is 0.494. The topological polar surface area (TPSA) is 46.2 Å². The SMILES string of the molecule is CCNC(Cc1ccc(C(C)C)cc1)C(C)S(C)(=O)=O. The highest BCUT2D eigenvalue weighted by Crippen LogP contribution is 2.17. The van der Waals surface area contributed by atoms with E-state index in [0.717, 1.165) is 13.0 Å². The summed E-state index contributed by atoms with van der Waals surface area (Å²) in [7, 11) is -3.03. The maximum atomic E-state index is 11.7. The molecule has 0 amide bonds. The fourth-order valence-electron chi connectivity index (χ4n) is 2.26. The smallest absolute Gasteiger partial charge is 0.151 e. The molecule has 3 nitrogen and oxygen atoms in total. The summed E-state index contributed by atoms with van der Waals surface area (Å²) in [5.41, 5.74) is 2.49. The number of nitrogens with one attached hydrogen (secondary N) is 1. The molecule has 0 bridgehead atoms. The average molecular weight is 297 g/mol. The van der Waals surface area contributed by atoms with Crippen molar-refractivity contribution >= 4 is 9.84 Å². The van der Waals surface area contributed by atoms with Crippen LogP contribution in [0.1, 0.15) is 44.7 Å². The molecule has 20 heavy (non-hydrogen) atoms. The van der Waals surface area contributed by atoms with Crippen molar-refractivity contribution in [1.82, 2.24) is 5.32 Å². The summed E-state index contributed by atoms with van der Waals surface area (Å²) >= 11 is 0. The van der Waals surface area contributed by atoms with Crippen molar-refractivity contribution in [3.8, 4) is 0 Å². The van der Waals surface area contributed by atoms with Crippen molar-refractivity contribution in [3.05, 3.63) is 35.4 Å². The molecule has 4 heteroatoms. The highest BCUT2D eigenvalue weighted by atomic mass is 32.2. The second-order valence-corrected chi connectivity index (χ2v) is 8.20. The van der Waals surface area contributed by atoms with E-state index in [-0.39, 0.29) is 11.3 Å². The predicted molar refractivity (Wildman–Crippen MR) is 86.0 cm³/mol. The molecule has 114 valence electrons. The van der Waals surface area contributed by atoms with Gasteiger partial charge in [0.25, 0.3) is 0 Å². The van der Waals surface area contributed by atoms with E-state index in [2.05, 4.69) is 43.4 Å². The lowest BCUT2D eigenvalue weighted by atomic mass is 9.98. The first-order chi connectivity index (χ1) is 9.25. The van der Waals surface area contributed by atoms with Crippen molar-refractivity contribution in [1.29, 1.82) is 0 Å². The number of hydrogen-bond acceptors (Lipinski definition) is 3. The Labute approximate surface area is 123 Å². The van der Waals surface area contributed by atoms with Gasteiger partial charge < -0.3 is 5.32 Å². The molecular weight excluding hydrogens is 270 g/mol. The van der Waals surface area contributed by atoms with E-state index in [0.29, 0.717) is 5.92 Å². The number of sulfone groups is 1. The summed E-state index contributed by atoms with van der Waals surface area (Å²) in [6.45, 7) is 8.90. The minimum Gasteiger partial charge on any atom is -0.313 e. The zero-order valence-electron chi connectivity index (χ0n) is 13.2. The van der Waals surface area contributed by atoms with Crippen LogP contribution in [0.3, 0.4) is 0 Å². The van der Waals surface area contributed by atoms with Gasteiger partial charge in [0.2, 0.25) is 0 Å². The van der Waals surface area contributed by atoms with Gasteiger partial charge in [0.15, 0.2) is 9.84 Å². The van der Waals surface area contributed by atoms with Crippen LogP contribution >= 0.6 is 0 Å². The Balaban J connectivity index is 2.85. The summed E-state index contributed by atoms with van der Waals surface area (Å²) < 4.78 is 23.5. The third kappa shape index (κ3) is 4.91. The molecule has 0 spiro atoms. The van der Waals surface area contributed by atoms with E-state index in [1.165, 1.54) is 17.4 Å². The Morgan fingerprint density at radius 2 is 1.65 bits per heavy atom. The highest BCUT2D eigenvalue weighted by molar-refractivity contribution is 7.91. The molecule has 0 aliphatic rings. The second kappa shape index (κ2) is 7.23. The fourth-order valence-corrected chi connectivity index (χ4v) is 3.05. The Hall–Kier alpha value is -0.870. The molecule has 0 aromatic heterocycles. The van der Waals surface area contributed by atoms with Crippen LogP contribution in [-0.2, 0) is 16.3 Å². The fraction of sp³-hybridized carbons (Fsp3) is 0.625. The van der Waals surface area contributed by atoms with E-state index >= 15 is 0 Å². The third-order valence-electron chi connectivity index (χ3n) is 3.81. The molecule has 2 atom stereocenters. The van der Waals surface area contributed by atoms with Gasteiger partial charge in [0.1, 0.15) is 0 Å². The molecule has 0 aliphatic carbocycles. The summed E-state index contributed by atoms with van der Waals surface area (Å²) in [6.07, 6.45) is 2.05.